The van der Waals surface area contributed by atoms with Crippen LogP contribution in [-0.2, 0) is 11.3 Å². The summed E-state index contributed by atoms with van der Waals surface area (Å²) in [6.45, 7) is 2.19. The number of carbonyl (C=O) groups excluding carboxylic acids is 2. The van der Waals surface area contributed by atoms with E-state index in [1.165, 1.54) is 17.8 Å². The molecule has 1 aliphatic rings. The topological polar surface area (TPSA) is 85.7 Å². The second kappa shape index (κ2) is 13.6. The molecule has 6 rings (SSSR count). The zero-order valence-electron chi connectivity index (χ0n) is 25.9. The number of aryl methyl sites for hydroxylation is 1. The van der Waals surface area contributed by atoms with E-state index >= 15 is 0 Å². The first kappa shape index (κ1) is 30.4. The Kier molecular flexibility index (Phi) is 9.16. The second-order valence-electron chi connectivity index (χ2n) is 11.5. The highest BCUT2D eigenvalue weighted by molar-refractivity contribution is 7.20. The summed E-state index contributed by atoms with van der Waals surface area (Å²) >= 11 is 1.40. The van der Waals surface area contributed by atoms with E-state index in [1.807, 2.05) is 96.5 Å². The van der Waals surface area contributed by atoms with Gasteiger partial charge in [-0.05, 0) is 73.4 Å². The Morgan fingerprint density at radius 1 is 0.933 bits per heavy atom. The average Bonchev–Trinajstić information content (AvgIpc) is 3.66. The Balaban J connectivity index is 1.43. The molecule has 1 atom stereocenters. The van der Waals surface area contributed by atoms with Crippen molar-refractivity contribution < 1.29 is 19.1 Å². The molecule has 0 aliphatic heterocycles. The number of thiophene rings is 1. The largest absolute Gasteiger partial charge is 0.497 e. The van der Waals surface area contributed by atoms with Crippen LogP contribution in [0.4, 0.5) is 0 Å². The molecule has 1 fully saturated rings. The molecule has 1 saturated carbocycles. The van der Waals surface area contributed by atoms with Crippen LogP contribution in [-0.4, -0.2) is 46.8 Å². The van der Waals surface area contributed by atoms with Gasteiger partial charge < -0.3 is 19.7 Å². The Morgan fingerprint density at radius 2 is 1.58 bits per heavy atom. The van der Waals surface area contributed by atoms with Gasteiger partial charge in [-0.15, -0.1) is 11.3 Å². The molecule has 5 aromatic rings. The van der Waals surface area contributed by atoms with E-state index in [-0.39, 0.29) is 24.4 Å². The maximum Gasteiger partial charge on any atom is 0.265 e. The molecule has 2 heterocycles. The van der Waals surface area contributed by atoms with Crippen LogP contribution in [0.1, 0.15) is 64.6 Å². The highest BCUT2D eigenvalue weighted by atomic mass is 32.1. The molecule has 0 spiro atoms. The summed E-state index contributed by atoms with van der Waals surface area (Å²) in [5.74, 6) is 1.01. The normalized spacial score (nSPS) is 14.2. The van der Waals surface area contributed by atoms with Gasteiger partial charge >= 0.3 is 0 Å². The minimum atomic E-state index is -0.857. The van der Waals surface area contributed by atoms with Gasteiger partial charge in [0.15, 0.2) is 0 Å². The third-order valence-corrected chi connectivity index (χ3v) is 9.57. The second-order valence-corrected chi connectivity index (χ2v) is 12.5. The van der Waals surface area contributed by atoms with Crippen LogP contribution in [0.3, 0.4) is 0 Å². The van der Waals surface area contributed by atoms with Crippen LogP contribution in [0, 0.1) is 6.92 Å². The smallest absolute Gasteiger partial charge is 0.265 e. The van der Waals surface area contributed by atoms with E-state index < -0.39 is 6.04 Å². The SMILES string of the molecule is COc1ccc(CN(C(=O)c2cc3c(C)nn(-c4ccccc4)c3s2)C(C(=O)NC2CCCCC2)c2ccc(OC)cc2)cc1. The van der Waals surface area contributed by atoms with Gasteiger partial charge in [0.2, 0.25) is 5.91 Å². The lowest BCUT2D eigenvalue weighted by Crippen LogP contribution is -2.46. The van der Waals surface area contributed by atoms with Crippen molar-refractivity contribution in [1.29, 1.82) is 0 Å². The lowest BCUT2D eigenvalue weighted by atomic mass is 9.94. The van der Waals surface area contributed by atoms with Crippen molar-refractivity contribution in [1.82, 2.24) is 20.0 Å². The number of amides is 2. The maximum atomic E-state index is 14.7. The minimum Gasteiger partial charge on any atom is -0.497 e. The van der Waals surface area contributed by atoms with Crippen LogP contribution in [0.15, 0.2) is 84.9 Å². The number of aromatic nitrogens is 2. The van der Waals surface area contributed by atoms with Gasteiger partial charge in [0.05, 0.1) is 30.5 Å². The standard InChI is InChI=1S/C36H38N4O4S/c1-24-31-22-32(45-36(31)40(38-24)28-12-8-5-9-13-28)35(42)39(23-25-14-18-29(43-2)19-15-25)33(26-16-20-30(44-3)21-17-26)34(41)37-27-10-6-4-7-11-27/h5,8-9,12-22,27,33H,4,6-7,10-11,23H2,1-3H3,(H,37,41). The Bertz CT molecular complexity index is 1760. The summed E-state index contributed by atoms with van der Waals surface area (Å²) in [6.07, 6.45) is 5.25. The van der Waals surface area contributed by atoms with Gasteiger partial charge in [-0.1, -0.05) is 61.7 Å². The molecule has 3 aromatic carbocycles. The molecular weight excluding hydrogens is 584 g/mol. The van der Waals surface area contributed by atoms with E-state index in [0.29, 0.717) is 10.6 Å². The molecule has 45 heavy (non-hydrogen) atoms. The van der Waals surface area contributed by atoms with Crippen LogP contribution in [0.2, 0.25) is 0 Å². The van der Waals surface area contributed by atoms with Crippen molar-refractivity contribution in [2.24, 2.45) is 0 Å². The number of nitrogens with zero attached hydrogens (tertiary/aromatic N) is 3. The summed E-state index contributed by atoms with van der Waals surface area (Å²) in [5, 5.41) is 8.98. The number of rotatable bonds is 10. The van der Waals surface area contributed by atoms with Crippen molar-refractivity contribution in [3.63, 3.8) is 0 Å². The van der Waals surface area contributed by atoms with Crippen LogP contribution in [0.25, 0.3) is 15.9 Å². The monoisotopic (exact) mass is 622 g/mol. The summed E-state index contributed by atoms with van der Waals surface area (Å²) in [5.41, 5.74) is 3.38. The molecule has 2 amide bonds. The number of fused-ring (bicyclic) bond motifs is 1. The van der Waals surface area contributed by atoms with Gasteiger partial charge in [-0.2, -0.15) is 5.10 Å². The molecule has 0 bridgehead atoms. The number of nitrogens with one attached hydrogen (secondary N) is 1. The molecule has 9 heteroatoms. The number of benzene rings is 3. The van der Waals surface area contributed by atoms with Crippen molar-refractivity contribution in [2.75, 3.05) is 14.2 Å². The third kappa shape index (κ3) is 6.59. The first-order chi connectivity index (χ1) is 21.9. The Hall–Kier alpha value is -4.63. The Labute approximate surface area is 267 Å². The number of hydrogen-bond donors (Lipinski definition) is 1. The average molecular weight is 623 g/mol. The molecular formula is C36H38N4O4S. The fraction of sp³-hybridized carbons (Fsp3) is 0.306. The van der Waals surface area contributed by atoms with Gasteiger partial charge in [0, 0.05) is 18.0 Å². The summed E-state index contributed by atoms with van der Waals surface area (Å²) < 4.78 is 12.7. The van der Waals surface area contributed by atoms with Crippen molar-refractivity contribution in [3.05, 3.63) is 107 Å². The van der Waals surface area contributed by atoms with Crippen molar-refractivity contribution in [2.45, 2.75) is 57.7 Å². The zero-order chi connectivity index (χ0) is 31.3. The number of para-hydroxylation sites is 1. The van der Waals surface area contributed by atoms with Crippen molar-refractivity contribution in [3.8, 4) is 17.2 Å². The predicted octanol–water partition coefficient (Wildman–Crippen LogP) is 7.25. The Morgan fingerprint density at radius 3 is 2.22 bits per heavy atom. The molecule has 232 valence electrons. The first-order valence-electron chi connectivity index (χ1n) is 15.4. The molecule has 1 N–H and O–H groups in total. The summed E-state index contributed by atoms with van der Waals surface area (Å²) in [4.78, 5) is 32.1. The van der Waals surface area contributed by atoms with Crippen LogP contribution >= 0.6 is 11.3 Å². The molecule has 8 nitrogen and oxygen atoms in total. The van der Waals surface area contributed by atoms with Crippen LogP contribution < -0.4 is 14.8 Å². The highest BCUT2D eigenvalue weighted by Gasteiger charge is 2.35. The maximum absolute atomic E-state index is 14.7. The number of hydrogen-bond acceptors (Lipinski definition) is 6. The molecule has 0 radical (unpaired) electrons. The van der Waals surface area contributed by atoms with E-state index in [1.54, 1.807) is 19.1 Å². The fourth-order valence-electron chi connectivity index (χ4n) is 6.03. The van der Waals surface area contributed by atoms with Gasteiger partial charge in [0.1, 0.15) is 22.4 Å². The van der Waals surface area contributed by atoms with Crippen LogP contribution in [0.5, 0.6) is 11.5 Å². The molecule has 0 saturated heterocycles. The number of methoxy groups -OCH3 is 2. The van der Waals surface area contributed by atoms with Gasteiger partial charge in [-0.25, -0.2) is 4.68 Å². The predicted molar refractivity (Wildman–Crippen MR) is 177 cm³/mol. The van der Waals surface area contributed by atoms with E-state index in [4.69, 9.17) is 14.6 Å². The zero-order valence-corrected chi connectivity index (χ0v) is 26.7. The van der Waals surface area contributed by atoms with Gasteiger partial charge in [-0.3, -0.25) is 9.59 Å². The van der Waals surface area contributed by atoms with Crippen molar-refractivity contribution >= 4 is 33.4 Å². The minimum absolute atomic E-state index is 0.0915. The van der Waals surface area contributed by atoms with E-state index in [0.717, 1.165) is 64.2 Å². The number of ether oxygens (including phenoxy) is 2. The first-order valence-corrected chi connectivity index (χ1v) is 16.2. The molecule has 1 aliphatic carbocycles. The highest BCUT2D eigenvalue weighted by Crippen LogP contribution is 2.34. The van der Waals surface area contributed by atoms with E-state index in [9.17, 15) is 9.59 Å². The number of carbonyl (C=O) groups is 2. The fourth-order valence-corrected chi connectivity index (χ4v) is 7.17. The van der Waals surface area contributed by atoms with Gasteiger partial charge in [0.25, 0.3) is 5.91 Å². The van der Waals surface area contributed by atoms with E-state index in [2.05, 4.69) is 5.32 Å². The lowest BCUT2D eigenvalue weighted by molar-refractivity contribution is -0.127. The quantitative estimate of drug-likeness (QED) is 0.177. The summed E-state index contributed by atoms with van der Waals surface area (Å²) in [7, 11) is 3.24. The third-order valence-electron chi connectivity index (χ3n) is 8.47. The summed E-state index contributed by atoms with van der Waals surface area (Å²) in [6, 6.07) is 26.1. The molecule has 2 aromatic heterocycles. The molecule has 1 unspecified atom stereocenters. The lowest BCUT2D eigenvalue weighted by Gasteiger charge is -2.33.